The Kier molecular flexibility index (Phi) is 7.57. The highest BCUT2D eigenvalue weighted by Crippen LogP contribution is 2.49. The van der Waals surface area contributed by atoms with Gasteiger partial charge in [-0.2, -0.15) is 18.2 Å². The highest BCUT2D eigenvalue weighted by atomic mass is 32.2. The predicted molar refractivity (Wildman–Crippen MR) is 172 cm³/mol. The summed E-state index contributed by atoms with van der Waals surface area (Å²) in [6.07, 6.45) is 1.37. The van der Waals surface area contributed by atoms with Crippen LogP contribution in [0.15, 0.2) is 77.5 Å². The van der Waals surface area contributed by atoms with E-state index in [-0.39, 0.29) is 70.9 Å². The third-order valence-corrected chi connectivity index (χ3v) is 10.1. The number of rotatable bonds is 4. The molecule has 1 amide bonds. The maximum Gasteiger partial charge on any atom is 0.417 e. The lowest BCUT2D eigenvalue weighted by Crippen LogP contribution is -2.58. The van der Waals surface area contributed by atoms with E-state index in [1.54, 1.807) is 16.0 Å². The molecule has 3 atom stereocenters. The Balaban J connectivity index is 1.48. The molecule has 5 heterocycles. The molecule has 2 aromatic carbocycles. The Bertz CT molecular complexity index is 2100. The van der Waals surface area contributed by atoms with Gasteiger partial charge in [-0.3, -0.25) is 9.36 Å². The molecule has 9 nitrogen and oxygen atoms in total. The third kappa shape index (κ3) is 5.24. The van der Waals surface area contributed by atoms with Gasteiger partial charge in [-0.1, -0.05) is 18.7 Å². The molecule has 0 bridgehead atoms. The number of alkyl halides is 3. The highest BCUT2D eigenvalue weighted by Gasteiger charge is 2.40. The standard InChI is InChI=1S/C33H29F4N7O2S/c1-4-26(45)44-18(2)13-41(14-19(44)3)31-24-11-25(33(35,36)37)27(20-5-7-22(34)8-6-20)29-28(24)43(32(46)40-31)15-23(16-47-29)42-10-9-21-12-38-17-39-30(21)42/h4-12,17-19,23H,1,13-16H2,2-3H3. The lowest BCUT2D eigenvalue weighted by molar-refractivity contribution is -0.137. The van der Waals surface area contributed by atoms with Gasteiger partial charge < -0.3 is 14.4 Å². The van der Waals surface area contributed by atoms with Crippen molar-refractivity contribution in [2.24, 2.45) is 0 Å². The summed E-state index contributed by atoms with van der Waals surface area (Å²) in [5.74, 6) is -0.393. The summed E-state index contributed by atoms with van der Waals surface area (Å²) in [4.78, 5) is 43.3. The van der Waals surface area contributed by atoms with Gasteiger partial charge in [-0.05, 0) is 49.8 Å². The fraction of sp³-hybridized carbons (Fsp3) is 0.303. The van der Waals surface area contributed by atoms with Crippen molar-refractivity contribution in [1.29, 1.82) is 0 Å². The molecule has 0 saturated carbocycles. The first-order valence-corrected chi connectivity index (χ1v) is 16.0. The Labute approximate surface area is 270 Å². The zero-order valence-electron chi connectivity index (χ0n) is 25.4. The van der Waals surface area contributed by atoms with Gasteiger partial charge in [0.1, 0.15) is 23.6 Å². The van der Waals surface area contributed by atoms with Gasteiger partial charge >= 0.3 is 11.9 Å². The number of carbonyl (C=O) groups is 1. The average molecular weight is 664 g/mol. The second kappa shape index (κ2) is 11.5. The van der Waals surface area contributed by atoms with Crippen molar-refractivity contribution in [3.05, 3.63) is 89.6 Å². The molecule has 7 rings (SSSR count). The van der Waals surface area contributed by atoms with Crippen LogP contribution in [0.4, 0.5) is 23.4 Å². The van der Waals surface area contributed by atoms with Crippen molar-refractivity contribution in [3.63, 3.8) is 0 Å². The summed E-state index contributed by atoms with van der Waals surface area (Å²) in [6.45, 7) is 7.89. The summed E-state index contributed by atoms with van der Waals surface area (Å²) in [5, 5.41) is 0.961. The molecule has 1 fully saturated rings. The number of hydrogen-bond acceptors (Lipinski definition) is 7. The largest absolute Gasteiger partial charge is 0.417 e. The molecule has 0 radical (unpaired) electrons. The molecule has 47 heavy (non-hydrogen) atoms. The fourth-order valence-corrected chi connectivity index (χ4v) is 8.26. The van der Waals surface area contributed by atoms with Crippen molar-refractivity contribution < 1.29 is 22.4 Å². The monoisotopic (exact) mass is 663 g/mol. The van der Waals surface area contributed by atoms with Crippen LogP contribution < -0.4 is 10.6 Å². The molecule has 3 unspecified atom stereocenters. The highest BCUT2D eigenvalue weighted by molar-refractivity contribution is 7.99. The molecule has 0 aliphatic carbocycles. The van der Waals surface area contributed by atoms with Crippen molar-refractivity contribution in [3.8, 4) is 11.1 Å². The Morgan fingerprint density at radius 3 is 2.49 bits per heavy atom. The second-order valence-corrected chi connectivity index (χ2v) is 12.9. The number of hydrogen-bond donors (Lipinski definition) is 0. The molecule has 3 aromatic heterocycles. The number of fused-ring (bicyclic) bond motifs is 1. The zero-order valence-corrected chi connectivity index (χ0v) is 26.2. The second-order valence-electron chi connectivity index (χ2n) is 11.9. The molecule has 14 heteroatoms. The first-order chi connectivity index (χ1) is 22.5. The van der Waals surface area contributed by atoms with Crippen LogP contribution in [0.1, 0.15) is 25.5 Å². The quantitative estimate of drug-likeness (QED) is 0.174. The predicted octanol–water partition coefficient (Wildman–Crippen LogP) is 5.92. The number of benzene rings is 2. The SMILES string of the molecule is C=CC(=O)N1C(C)CN(c2nc(=O)n3c4c(c(-c5ccc(F)cc5)c(C(F)(F)F)cc24)SCC(n2ccc4cncnc42)C3)CC1C. The minimum Gasteiger partial charge on any atom is -0.352 e. The van der Waals surface area contributed by atoms with Crippen LogP contribution in [0.5, 0.6) is 0 Å². The van der Waals surface area contributed by atoms with Crippen molar-refractivity contribution >= 4 is 45.4 Å². The molecule has 0 N–H and O–H groups in total. The number of nitrogens with zero attached hydrogens (tertiary/aromatic N) is 7. The molecule has 0 spiro atoms. The molecule has 5 aromatic rings. The molecule has 242 valence electrons. The van der Waals surface area contributed by atoms with Crippen molar-refractivity contribution in [2.75, 3.05) is 23.7 Å². The fourth-order valence-electron chi connectivity index (χ4n) is 6.91. The van der Waals surface area contributed by atoms with E-state index < -0.39 is 23.2 Å². The summed E-state index contributed by atoms with van der Waals surface area (Å²) >= 11 is 1.22. The van der Waals surface area contributed by atoms with E-state index in [4.69, 9.17) is 0 Å². The summed E-state index contributed by atoms with van der Waals surface area (Å²) < 4.78 is 62.5. The number of halogens is 4. The number of thioether (sulfide) groups is 1. The minimum absolute atomic E-state index is 0.122. The van der Waals surface area contributed by atoms with E-state index in [0.717, 1.165) is 23.6 Å². The first-order valence-electron chi connectivity index (χ1n) is 15.0. The number of carbonyl (C=O) groups excluding carboxylic acids is 1. The van der Waals surface area contributed by atoms with E-state index >= 15 is 13.2 Å². The molecule has 2 aliphatic heterocycles. The molecular weight excluding hydrogens is 634 g/mol. The van der Waals surface area contributed by atoms with Gasteiger partial charge in [-0.15, -0.1) is 11.8 Å². The van der Waals surface area contributed by atoms with E-state index in [1.165, 1.54) is 40.9 Å². The number of piperazine rings is 1. The van der Waals surface area contributed by atoms with Crippen LogP contribution in [-0.2, 0) is 17.5 Å². The Morgan fingerprint density at radius 2 is 1.81 bits per heavy atom. The van der Waals surface area contributed by atoms with Crippen LogP contribution in [0.2, 0.25) is 0 Å². The van der Waals surface area contributed by atoms with E-state index in [0.29, 0.717) is 16.9 Å². The molecular formula is C33H29F4N7O2S. The van der Waals surface area contributed by atoms with Gasteiger partial charge in [0.05, 0.1) is 17.1 Å². The van der Waals surface area contributed by atoms with Crippen LogP contribution in [0.3, 0.4) is 0 Å². The average Bonchev–Trinajstić information content (AvgIpc) is 3.36. The number of amides is 1. The molecule has 2 aliphatic rings. The van der Waals surface area contributed by atoms with Gasteiger partial charge in [-0.25, -0.2) is 19.2 Å². The smallest absolute Gasteiger partial charge is 0.352 e. The van der Waals surface area contributed by atoms with Crippen LogP contribution in [0, 0.1) is 5.82 Å². The topological polar surface area (TPSA) is 89.2 Å². The summed E-state index contributed by atoms with van der Waals surface area (Å²) in [7, 11) is 0. The van der Waals surface area contributed by atoms with Gasteiger partial charge in [0.2, 0.25) is 5.91 Å². The first kappa shape index (κ1) is 30.9. The van der Waals surface area contributed by atoms with Crippen molar-refractivity contribution in [2.45, 2.75) is 49.6 Å². The number of anilines is 1. The molecule has 1 saturated heterocycles. The van der Waals surface area contributed by atoms with E-state index in [1.807, 2.05) is 30.7 Å². The van der Waals surface area contributed by atoms with Gasteiger partial charge in [0.15, 0.2) is 0 Å². The van der Waals surface area contributed by atoms with Crippen LogP contribution in [-0.4, -0.2) is 65.8 Å². The van der Waals surface area contributed by atoms with Gasteiger partial charge in [0, 0.05) is 71.1 Å². The zero-order chi connectivity index (χ0) is 33.2. The minimum atomic E-state index is -4.79. The van der Waals surface area contributed by atoms with Crippen molar-refractivity contribution in [1.82, 2.24) is 29.0 Å². The Morgan fingerprint density at radius 1 is 1.09 bits per heavy atom. The van der Waals surface area contributed by atoms with E-state index in [9.17, 15) is 14.0 Å². The Hall–Kier alpha value is -4.72. The normalized spacial score (nSPS) is 20.1. The maximum atomic E-state index is 15.1. The third-order valence-electron chi connectivity index (χ3n) is 8.87. The maximum absolute atomic E-state index is 15.1. The van der Waals surface area contributed by atoms with E-state index in [2.05, 4.69) is 21.5 Å². The van der Waals surface area contributed by atoms with Crippen LogP contribution >= 0.6 is 11.8 Å². The van der Waals surface area contributed by atoms with Gasteiger partial charge in [0.25, 0.3) is 0 Å². The lowest BCUT2D eigenvalue weighted by atomic mass is 9.96. The number of aromatic nitrogens is 5. The van der Waals surface area contributed by atoms with Crippen LogP contribution in [0.25, 0.3) is 33.1 Å². The summed E-state index contributed by atoms with van der Waals surface area (Å²) in [6, 6.07) is 6.77. The lowest BCUT2D eigenvalue weighted by Gasteiger charge is -2.44. The summed E-state index contributed by atoms with van der Waals surface area (Å²) in [5.41, 5.74) is -0.500.